The van der Waals surface area contributed by atoms with Crippen molar-refractivity contribution in [3.8, 4) is 50.4 Å². The topological polar surface area (TPSA) is 14.8 Å². The highest BCUT2D eigenvalue weighted by molar-refractivity contribution is 7.27. The van der Waals surface area contributed by atoms with Gasteiger partial charge in [-0.3, -0.25) is 0 Å². The molecule has 0 radical (unpaired) electrons. The van der Waals surface area contributed by atoms with Gasteiger partial charge in [-0.25, -0.2) is 0 Å². The summed E-state index contributed by atoms with van der Waals surface area (Å²) in [6, 6.07) is 96.8. The minimum atomic E-state index is 1.16. The van der Waals surface area contributed by atoms with Crippen LogP contribution in [-0.4, -0.2) is 13.7 Å². The Morgan fingerprint density at radius 2 is 0.585 bits per heavy atom. The van der Waals surface area contributed by atoms with E-state index in [4.69, 9.17) is 0 Å². The summed E-state index contributed by atoms with van der Waals surface area (Å²) in [6.07, 6.45) is 5.58. The first-order chi connectivity index (χ1) is 40.7. The molecule has 0 atom stereocenters. The van der Waals surface area contributed by atoms with Gasteiger partial charge in [0.05, 0.1) is 59.6 Å². The van der Waals surface area contributed by atoms with E-state index in [1.54, 1.807) is 6.08 Å². The van der Waals surface area contributed by atoms with E-state index in [0.717, 1.165) is 5.69 Å². The van der Waals surface area contributed by atoms with E-state index in [1.807, 2.05) is 41.7 Å². The fourth-order valence-electron chi connectivity index (χ4n) is 13.2. The summed E-state index contributed by atoms with van der Waals surface area (Å²) in [4.78, 5) is 0. The Balaban J connectivity index is 0.00000106. The predicted molar refractivity (Wildman–Crippen MR) is 357 cm³/mol. The van der Waals surface area contributed by atoms with Gasteiger partial charge in [0.1, 0.15) is 0 Å². The summed E-state index contributed by atoms with van der Waals surface area (Å²) in [6.45, 7) is 5.42. The van der Waals surface area contributed by atoms with Crippen molar-refractivity contribution >= 4 is 128 Å². The maximum atomic E-state index is 3.46. The number of hydrogen-bond donors (Lipinski definition) is 0. The maximum absolute atomic E-state index is 3.46. The van der Waals surface area contributed by atoms with E-state index in [-0.39, 0.29) is 0 Å². The molecule has 0 bridgehead atoms. The Kier molecular flexibility index (Phi) is 11.3. The summed E-state index contributed by atoms with van der Waals surface area (Å²) in [7, 11) is 0. The number of benzene rings is 12. The largest absolute Gasteiger partial charge is 0.309 e. The van der Waals surface area contributed by atoms with Crippen molar-refractivity contribution in [2.45, 2.75) is 6.92 Å². The third kappa shape index (κ3) is 7.20. The first-order valence-corrected chi connectivity index (χ1v) is 29.6. The highest BCUT2D eigenvalue weighted by atomic mass is 32.1. The molecule has 0 N–H and O–H groups in total. The van der Waals surface area contributed by atoms with Crippen molar-refractivity contribution in [3.05, 3.63) is 286 Å². The van der Waals surface area contributed by atoms with Gasteiger partial charge in [-0.2, -0.15) is 0 Å². The number of nitrogens with zero attached hydrogens (tertiary/aromatic N) is 3. The number of thiophene rings is 2. The third-order valence-corrected chi connectivity index (χ3v) is 19.2. The zero-order valence-corrected chi connectivity index (χ0v) is 46.6. The molecule has 0 amide bonds. The molecule has 17 rings (SSSR count). The summed E-state index contributed by atoms with van der Waals surface area (Å²) in [5, 5.41) is 12.6. The van der Waals surface area contributed by atoms with Gasteiger partial charge in [0.25, 0.3) is 0 Å². The van der Waals surface area contributed by atoms with E-state index in [2.05, 4.69) is 281 Å². The number of fused-ring (bicyclic) bond motifs is 15. The van der Waals surface area contributed by atoms with Gasteiger partial charge in [0.15, 0.2) is 0 Å². The molecule has 386 valence electrons. The van der Waals surface area contributed by atoms with Crippen LogP contribution < -0.4 is 0 Å². The van der Waals surface area contributed by atoms with Crippen LogP contribution in [0, 0.1) is 0 Å². The minimum absolute atomic E-state index is 1.16. The molecule has 3 nitrogen and oxygen atoms in total. The summed E-state index contributed by atoms with van der Waals surface area (Å²) in [5.74, 6) is 0. The van der Waals surface area contributed by atoms with Crippen molar-refractivity contribution in [2.75, 3.05) is 0 Å². The van der Waals surface area contributed by atoms with E-state index >= 15 is 0 Å². The molecule has 0 fully saturated rings. The van der Waals surface area contributed by atoms with Crippen molar-refractivity contribution in [3.63, 3.8) is 0 Å². The normalized spacial score (nSPS) is 12.0. The van der Waals surface area contributed by atoms with Crippen molar-refractivity contribution < 1.29 is 0 Å². The standard InChI is InChI=1S/C72H43N3S2.C5H8/c1-2-21-45(44(20-1)54-29-17-30-55-56-31-18-40-66(70(56)76-69(54)55)74-61-35-12-5-24-48(61)49-25-6-13-36-62(49)74)57-43-42-53(52-28-9-16-39-65(52)73-59-33-10-3-22-46(59)47-23-4-11-34-60(47)73)68-58-32-19-41-67(71(58)77-72(57)68)75-63-37-14-7-26-50(63)51-27-8-15-38-64(51)75;1-3-5-4-2/h1-43H;3-5H,1H2,2H3/b;5-4-. The van der Waals surface area contributed by atoms with E-state index in [9.17, 15) is 0 Å². The van der Waals surface area contributed by atoms with Gasteiger partial charge in [-0.05, 0) is 78.2 Å². The van der Waals surface area contributed by atoms with Gasteiger partial charge < -0.3 is 13.7 Å². The molecule has 0 unspecified atom stereocenters. The van der Waals surface area contributed by atoms with Crippen LogP contribution in [0.2, 0.25) is 0 Å². The van der Waals surface area contributed by atoms with Gasteiger partial charge >= 0.3 is 0 Å². The smallest absolute Gasteiger partial charge is 0.0640 e. The average Bonchev–Trinajstić information content (AvgIpc) is 3.96. The lowest BCUT2D eigenvalue weighted by Crippen LogP contribution is -1.97. The minimum Gasteiger partial charge on any atom is -0.309 e. The fourth-order valence-corrected chi connectivity index (χ4v) is 15.9. The van der Waals surface area contributed by atoms with E-state index in [0.29, 0.717) is 0 Å². The molecule has 0 aliphatic heterocycles. The molecule has 5 heteroatoms. The van der Waals surface area contributed by atoms with Crippen LogP contribution in [0.4, 0.5) is 0 Å². The second kappa shape index (κ2) is 19.4. The Morgan fingerprint density at radius 1 is 0.268 bits per heavy atom. The quantitative estimate of drug-likeness (QED) is 0.141. The molecule has 5 aromatic heterocycles. The van der Waals surface area contributed by atoms with Crippen LogP contribution in [0.25, 0.3) is 156 Å². The van der Waals surface area contributed by atoms with Crippen LogP contribution >= 0.6 is 22.7 Å². The lowest BCUT2D eigenvalue weighted by molar-refractivity contribution is 1.18. The number of para-hydroxylation sites is 7. The lowest BCUT2D eigenvalue weighted by Gasteiger charge is -2.17. The second-order valence-electron chi connectivity index (χ2n) is 21.0. The second-order valence-corrected chi connectivity index (χ2v) is 23.0. The molecular weight excluding hydrogens is 1030 g/mol. The Labute approximate surface area is 482 Å². The third-order valence-electron chi connectivity index (χ3n) is 16.6. The van der Waals surface area contributed by atoms with E-state index < -0.39 is 0 Å². The average molecular weight is 1080 g/mol. The molecule has 0 spiro atoms. The highest BCUT2D eigenvalue weighted by Crippen LogP contribution is 2.52. The van der Waals surface area contributed by atoms with Gasteiger partial charge in [0, 0.05) is 80.0 Å². The molecule has 17 aromatic rings. The molecular formula is C77H51N3S2. The van der Waals surface area contributed by atoms with Crippen molar-refractivity contribution in [2.24, 2.45) is 0 Å². The lowest BCUT2D eigenvalue weighted by atomic mass is 9.90. The zero-order chi connectivity index (χ0) is 54.4. The monoisotopic (exact) mass is 1080 g/mol. The van der Waals surface area contributed by atoms with E-state index in [1.165, 1.54) is 151 Å². The predicted octanol–water partition coefficient (Wildman–Crippen LogP) is 22.5. The van der Waals surface area contributed by atoms with Crippen molar-refractivity contribution in [1.29, 1.82) is 0 Å². The van der Waals surface area contributed by atoms with Crippen LogP contribution in [0.1, 0.15) is 6.92 Å². The Hall–Kier alpha value is -10.0. The highest BCUT2D eigenvalue weighted by Gasteiger charge is 2.25. The number of hydrogen-bond acceptors (Lipinski definition) is 2. The Bertz CT molecular complexity index is 5300. The van der Waals surface area contributed by atoms with Crippen LogP contribution in [0.5, 0.6) is 0 Å². The van der Waals surface area contributed by atoms with Gasteiger partial charge in [-0.15, -0.1) is 22.7 Å². The molecule has 82 heavy (non-hydrogen) atoms. The fraction of sp³-hybridized carbons (Fsp3) is 0.0130. The molecule has 0 saturated heterocycles. The van der Waals surface area contributed by atoms with Crippen molar-refractivity contribution in [1.82, 2.24) is 13.7 Å². The molecule has 12 aromatic carbocycles. The van der Waals surface area contributed by atoms with Crippen LogP contribution in [0.3, 0.4) is 0 Å². The summed E-state index contributed by atoms with van der Waals surface area (Å²) < 4.78 is 12.6. The van der Waals surface area contributed by atoms with Gasteiger partial charge in [0.2, 0.25) is 0 Å². The SMILES string of the molecule is C=C/C=C\C.c1ccc(-c2ccc(-c3ccccc3-n3c4ccccc4c4ccccc43)c3c2sc2c(-n4c5ccccc5c5ccccc54)cccc23)c(-c2cccc3c2sc2c(-n4c5ccccc5c5ccccc54)cccc23)c1. The first kappa shape index (κ1) is 47.9. The molecule has 0 aliphatic rings. The summed E-state index contributed by atoms with van der Waals surface area (Å²) in [5.41, 5.74) is 18.1. The maximum Gasteiger partial charge on any atom is 0.0640 e. The number of allylic oxidation sites excluding steroid dienone is 3. The van der Waals surface area contributed by atoms with Crippen LogP contribution in [-0.2, 0) is 0 Å². The molecule has 5 heterocycles. The Morgan fingerprint density at radius 3 is 1.05 bits per heavy atom. The first-order valence-electron chi connectivity index (χ1n) is 28.0. The van der Waals surface area contributed by atoms with Crippen LogP contribution in [0.15, 0.2) is 286 Å². The van der Waals surface area contributed by atoms with Gasteiger partial charge in [-0.1, -0.05) is 231 Å². The zero-order valence-electron chi connectivity index (χ0n) is 44.9. The summed E-state index contributed by atoms with van der Waals surface area (Å²) >= 11 is 3.84. The molecule has 0 aliphatic carbocycles. The number of rotatable bonds is 7. The molecule has 0 saturated carbocycles. The number of aromatic nitrogens is 3.